The molecular formula is C17H22N4O. The minimum atomic E-state index is -0.349. The predicted molar refractivity (Wildman–Crippen MR) is 83.5 cm³/mol. The second kappa shape index (κ2) is 5.82. The molecule has 2 aliphatic rings. The van der Waals surface area contributed by atoms with E-state index in [1.165, 1.54) is 24.0 Å². The molecule has 1 fully saturated rings. The molecule has 0 bridgehead atoms. The molecule has 116 valence electrons. The van der Waals surface area contributed by atoms with Gasteiger partial charge in [0.05, 0.1) is 18.3 Å². The van der Waals surface area contributed by atoms with Crippen LogP contribution in [0.4, 0.5) is 0 Å². The number of rotatable bonds is 3. The van der Waals surface area contributed by atoms with Crippen LogP contribution in [0.15, 0.2) is 36.7 Å². The van der Waals surface area contributed by atoms with Crippen LogP contribution in [-0.2, 0) is 12.8 Å². The third-order valence-electron chi connectivity index (χ3n) is 5.08. The summed E-state index contributed by atoms with van der Waals surface area (Å²) in [6.45, 7) is 2.67. The van der Waals surface area contributed by atoms with Gasteiger partial charge in [0.1, 0.15) is 0 Å². The van der Waals surface area contributed by atoms with E-state index >= 15 is 0 Å². The first-order valence-corrected chi connectivity index (χ1v) is 8.12. The largest absolute Gasteiger partial charge is 0.390 e. The van der Waals surface area contributed by atoms with Gasteiger partial charge in [-0.1, -0.05) is 29.5 Å². The van der Waals surface area contributed by atoms with E-state index in [9.17, 15) is 5.11 Å². The summed E-state index contributed by atoms with van der Waals surface area (Å²) in [5.74, 6) is 0.691. The van der Waals surface area contributed by atoms with E-state index in [0.717, 1.165) is 26.1 Å². The molecule has 1 aromatic heterocycles. The highest BCUT2D eigenvalue weighted by Crippen LogP contribution is 2.28. The molecule has 22 heavy (non-hydrogen) atoms. The molecule has 2 aromatic rings. The zero-order valence-electron chi connectivity index (χ0n) is 12.7. The van der Waals surface area contributed by atoms with Crippen molar-refractivity contribution in [2.75, 3.05) is 19.6 Å². The predicted octanol–water partition coefficient (Wildman–Crippen LogP) is 1.30. The van der Waals surface area contributed by atoms with Crippen molar-refractivity contribution in [1.82, 2.24) is 19.9 Å². The van der Waals surface area contributed by atoms with Gasteiger partial charge in [0.25, 0.3) is 0 Å². The molecule has 1 unspecified atom stereocenters. The lowest BCUT2D eigenvalue weighted by atomic mass is 9.84. The van der Waals surface area contributed by atoms with Crippen LogP contribution < -0.4 is 0 Å². The third-order valence-corrected chi connectivity index (χ3v) is 5.08. The maximum absolute atomic E-state index is 10.3. The molecule has 0 saturated carbocycles. The fraction of sp³-hybridized carbons (Fsp3) is 0.529. The highest BCUT2D eigenvalue weighted by atomic mass is 16.3. The van der Waals surface area contributed by atoms with E-state index in [2.05, 4.69) is 39.5 Å². The number of β-amino-alcohol motifs (C(OH)–C–C–N with tert-alkyl or cyclic N) is 1. The van der Waals surface area contributed by atoms with Gasteiger partial charge in [-0.15, -0.1) is 5.10 Å². The molecule has 5 nitrogen and oxygen atoms in total. The number of aliphatic hydroxyl groups is 1. The standard InChI is InChI=1S/C17H22N4O/c22-17-12-20(11-16(17)21-8-7-18-19-21)10-13-5-6-14-3-1-2-4-15(14)9-13/h1-4,7-8,13,16-17,22H,5-6,9-12H2/t13?,16-,17-/m1/s1. The van der Waals surface area contributed by atoms with Crippen molar-refractivity contribution in [2.45, 2.75) is 31.4 Å². The van der Waals surface area contributed by atoms with E-state index in [0.29, 0.717) is 5.92 Å². The van der Waals surface area contributed by atoms with Gasteiger partial charge >= 0.3 is 0 Å². The van der Waals surface area contributed by atoms with Crippen molar-refractivity contribution in [1.29, 1.82) is 0 Å². The molecule has 4 rings (SSSR count). The summed E-state index contributed by atoms with van der Waals surface area (Å²) in [6, 6.07) is 8.84. The number of aliphatic hydroxyl groups excluding tert-OH is 1. The lowest BCUT2D eigenvalue weighted by Crippen LogP contribution is -2.31. The van der Waals surface area contributed by atoms with Gasteiger partial charge in [0.15, 0.2) is 0 Å². The van der Waals surface area contributed by atoms with Gasteiger partial charge in [0.2, 0.25) is 0 Å². The first kappa shape index (κ1) is 13.9. The fourth-order valence-electron chi connectivity index (χ4n) is 3.94. The normalized spacial score (nSPS) is 28.7. The van der Waals surface area contributed by atoms with Gasteiger partial charge in [-0.05, 0) is 36.3 Å². The quantitative estimate of drug-likeness (QED) is 0.928. The number of likely N-dealkylation sites (tertiary alicyclic amines) is 1. The van der Waals surface area contributed by atoms with Gasteiger partial charge < -0.3 is 5.11 Å². The van der Waals surface area contributed by atoms with Crippen molar-refractivity contribution >= 4 is 0 Å². The van der Waals surface area contributed by atoms with Crippen LogP contribution in [0.1, 0.15) is 23.6 Å². The average Bonchev–Trinajstić information content (AvgIpc) is 3.17. The molecule has 0 spiro atoms. The molecule has 2 heterocycles. The lowest BCUT2D eigenvalue weighted by molar-refractivity contribution is 0.136. The van der Waals surface area contributed by atoms with E-state index in [4.69, 9.17) is 0 Å². The first-order valence-electron chi connectivity index (χ1n) is 8.12. The Balaban J connectivity index is 1.39. The van der Waals surface area contributed by atoms with Crippen LogP contribution in [0.2, 0.25) is 0 Å². The molecule has 1 aliphatic heterocycles. The minimum absolute atomic E-state index is 0.0402. The van der Waals surface area contributed by atoms with Crippen molar-refractivity contribution in [3.05, 3.63) is 47.8 Å². The zero-order valence-corrected chi connectivity index (χ0v) is 12.7. The van der Waals surface area contributed by atoms with Crippen LogP contribution >= 0.6 is 0 Å². The topological polar surface area (TPSA) is 54.2 Å². The summed E-state index contributed by atoms with van der Waals surface area (Å²) >= 11 is 0. The smallest absolute Gasteiger partial charge is 0.0934 e. The number of benzene rings is 1. The van der Waals surface area contributed by atoms with Crippen molar-refractivity contribution in [3.63, 3.8) is 0 Å². The summed E-state index contributed by atoms with van der Waals surface area (Å²) in [6.07, 6.45) is 6.76. The first-order chi connectivity index (χ1) is 10.8. The third kappa shape index (κ3) is 2.66. The summed E-state index contributed by atoms with van der Waals surface area (Å²) in [5.41, 5.74) is 3.02. The van der Waals surface area contributed by atoms with Crippen LogP contribution in [0.3, 0.4) is 0 Å². The second-order valence-corrected chi connectivity index (χ2v) is 6.61. The Bertz CT molecular complexity index is 627. The number of nitrogens with zero attached hydrogens (tertiary/aromatic N) is 4. The van der Waals surface area contributed by atoms with Crippen molar-refractivity contribution < 1.29 is 5.11 Å². The van der Waals surface area contributed by atoms with Gasteiger partial charge in [0, 0.05) is 25.8 Å². The Kier molecular flexibility index (Phi) is 3.68. The summed E-state index contributed by atoms with van der Waals surface area (Å²) in [5, 5.41) is 18.2. The highest BCUT2D eigenvalue weighted by molar-refractivity contribution is 5.29. The SMILES string of the molecule is O[C@@H]1CN(CC2CCc3ccccc3C2)C[C@H]1n1ccnn1. The molecule has 1 saturated heterocycles. The van der Waals surface area contributed by atoms with E-state index in [-0.39, 0.29) is 12.1 Å². The second-order valence-electron chi connectivity index (χ2n) is 6.61. The molecule has 3 atom stereocenters. The Morgan fingerprint density at radius 2 is 2.05 bits per heavy atom. The minimum Gasteiger partial charge on any atom is -0.390 e. The summed E-state index contributed by atoms with van der Waals surface area (Å²) in [4.78, 5) is 2.38. The molecule has 0 amide bonds. The molecule has 0 radical (unpaired) electrons. The van der Waals surface area contributed by atoms with Gasteiger partial charge in [-0.2, -0.15) is 0 Å². The van der Waals surface area contributed by atoms with Gasteiger partial charge in [-0.3, -0.25) is 4.90 Å². The van der Waals surface area contributed by atoms with Crippen LogP contribution in [0.25, 0.3) is 0 Å². The average molecular weight is 298 g/mol. The van der Waals surface area contributed by atoms with Crippen molar-refractivity contribution in [2.24, 2.45) is 5.92 Å². The van der Waals surface area contributed by atoms with E-state index in [1.807, 2.05) is 6.20 Å². The van der Waals surface area contributed by atoms with Crippen molar-refractivity contribution in [3.8, 4) is 0 Å². The van der Waals surface area contributed by atoms with Crippen LogP contribution in [-0.4, -0.2) is 50.7 Å². The number of aryl methyl sites for hydroxylation is 1. The van der Waals surface area contributed by atoms with E-state index < -0.39 is 0 Å². The number of hydrogen-bond donors (Lipinski definition) is 1. The lowest BCUT2D eigenvalue weighted by Gasteiger charge is -2.28. The number of aromatic nitrogens is 3. The maximum Gasteiger partial charge on any atom is 0.0934 e. The molecule has 1 N–H and O–H groups in total. The number of fused-ring (bicyclic) bond motifs is 1. The van der Waals surface area contributed by atoms with Gasteiger partial charge in [-0.25, -0.2) is 4.68 Å². The van der Waals surface area contributed by atoms with Crippen LogP contribution in [0.5, 0.6) is 0 Å². The van der Waals surface area contributed by atoms with E-state index in [1.54, 1.807) is 10.9 Å². The Morgan fingerprint density at radius 3 is 2.86 bits per heavy atom. The molecule has 5 heteroatoms. The van der Waals surface area contributed by atoms with Crippen LogP contribution in [0, 0.1) is 5.92 Å². The molecule has 1 aliphatic carbocycles. The Morgan fingerprint density at radius 1 is 1.18 bits per heavy atom. The fourth-order valence-corrected chi connectivity index (χ4v) is 3.94. The monoisotopic (exact) mass is 298 g/mol. The summed E-state index contributed by atoms with van der Waals surface area (Å²) in [7, 11) is 0. The number of hydrogen-bond acceptors (Lipinski definition) is 4. The Labute approximate surface area is 130 Å². The molecule has 1 aromatic carbocycles. The maximum atomic E-state index is 10.3. The Hall–Kier alpha value is -1.72. The highest BCUT2D eigenvalue weighted by Gasteiger charge is 2.34. The molecular weight excluding hydrogens is 276 g/mol. The zero-order chi connectivity index (χ0) is 14.9. The summed E-state index contributed by atoms with van der Waals surface area (Å²) < 4.78 is 1.79.